The highest BCUT2D eigenvalue weighted by Crippen LogP contribution is 2.35. The first-order chi connectivity index (χ1) is 17.7. The molecule has 5 aromatic rings. The predicted octanol–water partition coefficient (Wildman–Crippen LogP) is 6.38. The molecule has 6 nitrogen and oxygen atoms in total. The zero-order valence-corrected chi connectivity index (χ0v) is 19.7. The summed E-state index contributed by atoms with van der Waals surface area (Å²) in [6, 6.07) is 20.4. The van der Waals surface area contributed by atoms with Gasteiger partial charge in [0.15, 0.2) is 17.2 Å². The summed E-state index contributed by atoms with van der Waals surface area (Å²) in [4.78, 5) is 24.2. The maximum absolute atomic E-state index is 5.95. The van der Waals surface area contributed by atoms with Crippen molar-refractivity contribution in [2.45, 2.75) is 18.8 Å². The van der Waals surface area contributed by atoms with Crippen LogP contribution < -0.4 is 0 Å². The van der Waals surface area contributed by atoms with E-state index < -0.39 is 0 Å². The Morgan fingerprint density at radius 1 is 0.833 bits per heavy atom. The summed E-state index contributed by atoms with van der Waals surface area (Å²) in [7, 11) is 0. The van der Waals surface area contributed by atoms with Crippen molar-refractivity contribution in [1.29, 1.82) is 0 Å². The highest BCUT2D eigenvalue weighted by Gasteiger charge is 2.25. The number of aliphatic imine (C=N–C) groups is 2. The van der Waals surface area contributed by atoms with Gasteiger partial charge in [-0.3, -0.25) is 4.99 Å². The van der Waals surface area contributed by atoms with Gasteiger partial charge in [0.2, 0.25) is 5.89 Å². The molecule has 0 saturated carbocycles. The molecule has 6 heteroatoms. The van der Waals surface area contributed by atoms with Gasteiger partial charge in [-0.25, -0.2) is 19.9 Å². The van der Waals surface area contributed by atoms with E-state index in [1.165, 1.54) is 0 Å². The number of hydrogen-bond donors (Lipinski definition) is 0. The lowest BCUT2D eigenvalue weighted by atomic mass is 9.85. The highest BCUT2D eigenvalue weighted by molar-refractivity contribution is 6.09. The van der Waals surface area contributed by atoms with Crippen LogP contribution in [0.3, 0.4) is 0 Å². The third-order valence-electron chi connectivity index (χ3n) is 6.99. The van der Waals surface area contributed by atoms with Crippen LogP contribution in [0.2, 0.25) is 0 Å². The second-order valence-corrected chi connectivity index (χ2v) is 9.34. The fourth-order valence-corrected chi connectivity index (χ4v) is 5.05. The SMILES string of the molecule is CC1C=CC=CC1c1nc(C2=NCC(c3nc4ccccc4o3)C=N2)nc2c1ccc1ccccc12. The van der Waals surface area contributed by atoms with Crippen molar-refractivity contribution in [2.75, 3.05) is 6.54 Å². The molecule has 0 amide bonds. The largest absolute Gasteiger partial charge is 0.440 e. The molecular weight excluding hydrogens is 446 g/mol. The second kappa shape index (κ2) is 8.34. The summed E-state index contributed by atoms with van der Waals surface area (Å²) >= 11 is 0. The fourth-order valence-electron chi connectivity index (χ4n) is 5.05. The van der Waals surface area contributed by atoms with Crippen molar-refractivity contribution in [3.8, 4) is 0 Å². The molecule has 2 aliphatic rings. The maximum Gasteiger partial charge on any atom is 0.205 e. The normalized spacial score (nSPS) is 21.5. The van der Waals surface area contributed by atoms with Crippen LogP contribution in [0, 0.1) is 5.92 Å². The Morgan fingerprint density at radius 3 is 2.56 bits per heavy atom. The summed E-state index contributed by atoms with van der Waals surface area (Å²) in [5.41, 5.74) is 3.55. The van der Waals surface area contributed by atoms with Gasteiger partial charge in [0.1, 0.15) is 5.52 Å². The zero-order valence-electron chi connectivity index (χ0n) is 19.7. The number of oxazole rings is 1. The molecule has 3 unspecified atom stereocenters. The molecular formula is C30H23N5O. The minimum atomic E-state index is -0.117. The van der Waals surface area contributed by atoms with E-state index in [1.54, 1.807) is 0 Å². The van der Waals surface area contributed by atoms with Gasteiger partial charge in [-0.15, -0.1) is 0 Å². The van der Waals surface area contributed by atoms with Crippen LogP contribution in [0.1, 0.15) is 36.2 Å². The predicted molar refractivity (Wildman–Crippen MR) is 144 cm³/mol. The molecule has 0 spiro atoms. The summed E-state index contributed by atoms with van der Waals surface area (Å²) < 4.78 is 5.95. The molecule has 3 aromatic carbocycles. The molecule has 0 radical (unpaired) electrons. The van der Waals surface area contributed by atoms with Crippen LogP contribution in [0.25, 0.3) is 32.8 Å². The molecule has 1 aliphatic carbocycles. The third kappa shape index (κ3) is 3.45. The molecule has 0 bridgehead atoms. The van der Waals surface area contributed by atoms with E-state index in [2.05, 4.69) is 77.6 Å². The summed E-state index contributed by atoms with van der Waals surface area (Å²) in [5, 5.41) is 3.32. The number of nitrogens with zero attached hydrogens (tertiary/aromatic N) is 5. The van der Waals surface area contributed by atoms with Crippen LogP contribution >= 0.6 is 0 Å². The van der Waals surface area contributed by atoms with Gasteiger partial charge in [0.05, 0.1) is 23.7 Å². The van der Waals surface area contributed by atoms with E-state index in [4.69, 9.17) is 19.4 Å². The number of rotatable bonds is 3. The summed E-state index contributed by atoms with van der Waals surface area (Å²) in [6.45, 7) is 2.71. The topological polar surface area (TPSA) is 76.5 Å². The van der Waals surface area contributed by atoms with Crippen molar-refractivity contribution in [3.63, 3.8) is 0 Å². The Kier molecular flexibility index (Phi) is 4.84. The molecule has 2 aromatic heterocycles. The van der Waals surface area contributed by atoms with Crippen LogP contribution in [-0.2, 0) is 0 Å². The third-order valence-corrected chi connectivity index (χ3v) is 6.99. The Morgan fingerprint density at radius 2 is 1.69 bits per heavy atom. The quantitative estimate of drug-likeness (QED) is 0.287. The van der Waals surface area contributed by atoms with Crippen molar-refractivity contribution in [2.24, 2.45) is 15.9 Å². The van der Waals surface area contributed by atoms with E-state index in [0.717, 1.165) is 38.5 Å². The molecule has 0 saturated heterocycles. The molecule has 7 rings (SSSR count). The van der Waals surface area contributed by atoms with E-state index in [-0.39, 0.29) is 11.8 Å². The number of aromatic nitrogens is 3. The van der Waals surface area contributed by atoms with Gasteiger partial charge >= 0.3 is 0 Å². The number of allylic oxidation sites excluding steroid dienone is 4. The lowest BCUT2D eigenvalue weighted by molar-refractivity contribution is 0.518. The van der Waals surface area contributed by atoms with Crippen molar-refractivity contribution in [1.82, 2.24) is 15.0 Å². The monoisotopic (exact) mass is 469 g/mol. The van der Waals surface area contributed by atoms with E-state index in [9.17, 15) is 0 Å². The first-order valence-corrected chi connectivity index (χ1v) is 12.2. The minimum Gasteiger partial charge on any atom is -0.440 e. The second-order valence-electron chi connectivity index (χ2n) is 9.34. The minimum absolute atomic E-state index is 0.117. The lowest BCUT2D eigenvalue weighted by Crippen LogP contribution is -2.18. The Balaban J connectivity index is 1.32. The van der Waals surface area contributed by atoms with E-state index in [1.807, 2.05) is 30.5 Å². The number of amidine groups is 1. The smallest absolute Gasteiger partial charge is 0.205 e. The van der Waals surface area contributed by atoms with Crippen LogP contribution in [0.4, 0.5) is 0 Å². The summed E-state index contributed by atoms with van der Waals surface area (Å²) in [5.74, 6) is 2.08. The van der Waals surface area contributed by atoms with Gasteiger partial charge in [-0.1, -0.05) is 79.8 Å². The highest BCUT2D eigenvalue weighted by atomic mass is 16.3. The molecule has 1 aliphatic heterocycles. The zero-order chi connectivity index (χ0) is 24.1. The van der Waals surface area contributed by atoms with Gasteiger partial charge in [0.25, 0.3) is 0 Å². The lowest BCUT2D eigenvalue weighted by Gasteiger charge is -2.22. The number of para-hydroxylation sites is 2. The molecule has 3 atom stereocenters. The van der Waals surface area contributed by atoms with Gasteiger partial charge in [-0.2, -0.15) is 0 Å². The van der Waals surface area contributed by atoms with Crippen LogP contribution in [0.15, 0.2) is 99.4 Å². The first-order valence-electron chi connectivity index (χ1n) is 12.2. The summed E-state index contributed by atoms with van der Waals surface area (Å²) in [6.07, 6.45) is 10.5. The van der Waals surface area contributed by atoms with E-state index >= 15 is 0 Å². The Labute approximate surface area is 207 Å². The number of hydrogen-bond acceptors (Lipinski definition) is 6. The van der Waals surface area contributed by atoms with Crippen LogP contribution in [-0.4, -0.2) is 33.5 Å². The molecule has 174 valence electrons. The van der Waals surface area contributed by atoms with Gasteiger partial charge in [0, 0.05) is 22.9 Å². The number of benzene rings is 3. The molecule has 36 heavy (non-hydrogen) atoms. The van der Waals surface area contributed by atoms with E-state index in [0.29, 0.717) is 30.0 Å². The fraction of sp³-hybridized carbons (Fsp3) is 0.167. The average Bonchev–Trinajstić information content (AvgIpc) is 3.37. The van der Waals surface area contributed by atoms with Gasteiger partial charge < -0.3 is 4.42 Å². The number of fused-ring (bicyclic) bond motifs is 4. The molecule has 0 fully saturated rings. The van der Waals surface area contributed by atoms with Crippen molar-refractivity contribution in [3.05, 3.63) is 102 Å². The average molecular weight is 470 g/mol. The molecule has 0 N–H and O–H groups in total. The van der Waals surface area contributed by atoms with Crippen molar-refractivity contribution < 1.29 is 4.42 Å². The Hall–Kier alpha value is -4.45. The van der Waals surface area contributed by atoms with Crippen LogP contribution in [0.5, 0.6) is 0 Å². The maximum atomic E-state index is 5.95. The van der Waals surface area contributed by atoms with Crippen molar-refractivity contribution >= 4 is 44.8 Å². The first kappa shape index (κ1) is 20.9. The molecule has 3 heterocycles. The Bertz CT molecular complexity index is 1730. The standard InChI is InChI=1S/C30H23N5O/c1-18-8-2-4-10-21(18)26-23-15-14-19-9-3-5-11-22(19)27(23)35-29(34-26)28-31-16-20(17-32-28)30-33-24-12-6-7-13-25(24)36-30/h2-16,18,20-21H,17H2,1H3. The van der Waals surface area contributed by atoms with Gasteiger partial charge in [-0.05, 0) is 23.4 Å².